The summed E-state index contributed by atoms with van der Waals surface area (Å²) in [5.74, 6) is 0.339. The lowest BCUT2D eigenvalue weighted by atomic mass is 10.2. The smallest absolute Gasteiger partial charge is 0.343 e. The molecule has 0 radical (unpaired) electrons. The highest BCUT2D eigenvalue weighted by Crippen LogP contribution is 2.33. The first-order valence-electron chi connectivity index (χ1n) is 11.9. The number of nitrogens with zero attached hydrogens (tertiary/aromatic N) is 4. The molecule has 12 heteroatoms. The summed E-state index contributed by atoms with van der Waals surface area (Å²) in [6.07, 6.45) is 1.39. The average Bonchev–Trinajstić information content (AvgIpc) is 2.98. The highest BCUT2D eigenvalue weighted by Gasteiger charge is 2.18. The standard InChI is InChI=1S/C29H18Br2N4O6/c1-40-22-12-8-17(9-13-22)27-33-25-5-3-2-4-23(25)28(36)34(27)32-16-19-14-20(30)15-24(31)26(19)41-29(37)18-6-10-21(11-7-18)35(38)39/h2-16H,1H3. The van der Waals surface area contributed by atoms with Crippen molar-refractivity contribution in [2.75, 3.05) is 7.11 Å². The third-order valence-electron chi connectivity index (χ3n) is 5.96. The first-order chi connectivity index (χ1) is 19.7. The van der Waals surface area contributed by atoms with Crippen LogP contribution in [0.5, 0.6) is 11.5 Å². The molecule has 0 saturated heterocycles. The minimum Gasteiger partial charge on any atom is -0.497 e. The Kier molecular flexibility index (Phi) is 8.04. The van der Waals surface area contributed by atoms with Crippen LogP contribution in [-0.4, -0.2) is 33.9 Å². The molecule has 0 spiro atoms. The molecule has 5 rings (SSSR count). The zero-order valence-corrected chi connectivity index (χ0v) is 24.3. The zero-order chi connectivity index (χ0) is 29.1. The Hall–Kier alpha value is -4.68. The number of carbonyl (C=O) groups excluding carboxylic acids is 1. The second-order valence-electron chi connectivity index (χ2n) is 8.54. The summed E-state index contributed by atoms with van der Waals surface area (Å²) in [5.41, 5.74) is 1.08. The summed E-state index contributed by atoms with van der Waals surface area (Å²) < 4.78 is 13.2. The first-order valence-corrected chi connectivity index (χ1v) is 13.5. The number of rotatable bonds is 7. The van der Waals surface area contributed by atoms with Crippen LogP contribution < -0.4 is 15.0 Å². The second kappa shape index (κ2) is 11.8. The number of hydrogen-bond acceptors (Lipinski definition) is 8. The Morgan fingerprint density at radius 1 is 1.02 bits per heavy atom. The van der Waals surface area contributed by atoms with Gasteiger partial charge in [0.15, 0.2) is 11.6 Å². The quantitative estimate of drug-likeness (QED) is 0.0624. The van der Waals surface area contributed by atoms with E-state index in [1.165, 1.54) is 35.2 Å². The fourth-order valence-corrected chi connectivity index (χ4v) is 5.27. The van der Waals surface area contributed by atoms with Gasteiger partial charge in [-0.2, -0.15) is 9.78 Å². The van der Waals surface area contributed by atoms with Gasteiger partial charge in [0.25, 0.3) is 11.2 Å². The van der Waals surface area contributed by atoms with Gasteiger partial charge in [0, 0.05) is 27.7 Å². The van der Waals surface area contributed by atoms with Crippen LogP contribution in [0.25, 0.3) is 22.3 Å². The zero-order valence-electron chi connectivity index (χ0n) is 21.2. The number of nitro groups is 1. The molecule has 0 atom stereocenters. The van der Waals surface area contributed by atoms with Gasteiger partial charge in [-0.15, -0.1) is 0 Å². The molecule has 10 nitrogen and oxygen atoms in total. The van der Waals surface area contributed by atoms with Gasteiger partial charge in [0.05, 0.1) is 39.2 Å². The molecule has 0 aliphatic rings. The van der Waals surface area contributed by atoms with E-state index >= 15 is 0 Å². The number of fused-ring (bicyclic) bond motifs is 1. The van der Waals surface area contributed by atoms with Crippen LogP contribution in [0.2, 0.25) is 0 Å². The SMILES string of the molecule is COc1ccc(-c2nc3ccccc3c(=O)n2N=Cc2cc(Br)cc(Br)c2OC(=O)c2ccc([N+](=O)[O-])cc2)cc1. The topological polar surface area (TPSA) is 126 Å². The van der Waals surface area contributed by atoms with Gasteiger partial charge in [-0.25, -0.2) is 9.78 Å². The van der Waals surface area contributed by atoms with E-state index in [0.29, 0.717) is 42.5 Å². The van der Waals surface area contributed by atoms with Crippen LogP contribution in [0.3, 0.4) is 0 Å². The van der Waals surface area contributed by atoms with Crippen molar-refractivity contribution in [1.29, 1.82) is 0 Å². The number of halogens is 2. The van der Waals surface area contributed by atoms with Crippen molar-refractivity contribution in [2.24, 2.45) is 5.10 Å². The van der Waals surface area contributed by atoms with Crippen molar-refractivity contribution < 1.29 is 19.2 Å². The number of ether oxygens (including phenoxy) is 2. The molecule has 0 N–H and O–H groups in total. The van der Waals surface area contributed by atoms with Crippen molar-refractivity contribution in [3.05, 3.63) is 125 Å². The maximum atomic E-state index is 13.6. The van der Waals surface area contributed by atoms with Crippen molar-refractivity contribution >= 4 is 60.6 Å². The molecule has 0 saturated carbocycles. The van der Waals surface area contributed by atoms with Gasteiger partial charge in [0.1, 0.15) is 5.75 Å². The number of nitro benzene ring substituents is 1. The molecular formula is C29H18Br2N4O6. The number of carbonyl (C=O) groups is 1. The van der Waals surface area contributed by atoms with Gasteiger partial charge < -0.3 is 9.47 Å². The van der Waals surface area contributed by atoms with E-state index in [-0.39, 0.29) is 17.0 Å². The molecule has 1 heterocycles. The normalized spacial score (nSPS) is 11.1. The molecule has 41 heavy (non-hydrogen) atoms. The highest BCUT2D eigenvalue weighted by atomic mass is 79.9. The third-order valence-corrected chi connectivity index (χ3v) is 7.01. The lowest BCUT2D eigenvalue weighted by molar-refractivity contribution is -0.384. The second-order valence-corrected chi connectivity index (χ2v) is 10.3. The number of para-hydroxylation sites is 1. The first kappa shape index (κ1) is 27.9. The Balaban J connectivity index is 1.58. The summed E-state index contributed by atoms with van der Waals surface area (Å²) in [7, 11) is 1.56. The fraction of sp³-hybridized carbons (Fsp3) is 0.0345. The van der Waals surface area contributed by atoms with Crippen molar-refractivity contribution in [3.8, 4) is 22.9 Å². The van der Waals surface area contributed by atoms with E-state index in [9.17, 15) is 19.7 Å². The van der Waals surface area contributed by atoms with Gasteiger partial charge in [-0.05, 0) is 76.6 Å². The van der Waals surface area contributed by atoms with Crippen LogP contribution in [0.15, 0.2) is 104 Å². The molecule has 4 aromatic carbocycles. The van der Waals surface area contributed by atoms with E-state index in [1.807, 2.05) is 0 Å². The van der Waals surface area contributed by atoms with Gasteiger partial charge >= 0.3 is 5.97 Å². The van der Waals surface area contributed by atoms with E-state index in [2.05, 4.69) is 37.0 Å². The van der Waals surface area contributed by atoms with E-state index in [4.69, 9.17) is 14.5 Å². The van der Waals surface area contributed by atoms with E-state index in [1.54, 1.807) is 67.8 Å². The fourth-order valence-electron chi connectivity index (χ4n) is 3.93. The Morgan fingerprint density at radius 3 is 2.41 bits per heavy atom. The minimum atomic E-state index is -0.735. The molecule has 5 aromatic rings. The van der Waals surface area contributed by atoms with E-state index in [0.717, 1.165) is 0 Å². The number of hydrogen-bond donors (Lipinski definition) is 0. The minimum absolute atomic E-state index is 0.116. The summed E-state index contributed by atoms with van der Waals surface area (Å²) in [5, 5.41) is 15.8. The van der Waals surface area contributed by atoms with E-state index < -0.39 is 16.5 Å². The van der Waals surface area contributed by atoms with Crippen LogP contribution in [-0.2, 0) is 0 Å². The highest BCUT2D eigenvalue weighted by molar-refractivity contribution is 9.11. The van der Waals surface area contributed by atoms with Gasteiger partial charge in [0.2, 0.25) is 0 Å². The largest absolute Gasteiger partial charge is 0.497 e. The van der Waals surface area contributed by atoms with Crippen LogP contribution in [0, 0.1) is 10.1 Å². The summed E-state index contributed by atoms with van der Waals surface area (Å²) in [6.45, 7) is 0. The number of aromatic nitrogens is 2. The number of benzene rings is 4. The van der Waals surface area contributed by atoms with Crippen LogP contribution >= 0.6 is 31.9 Å². The van der Waals surface area contributed by atoms with Crippen LogP contribution in [0.1, 0.15) is 15.9 Å². The molecule has 0 fully saturated rings. The molecule has 204 valence electrons. The Bertz CT molecular complexity index is 1890. The maximum Gasteiger partial charge on any atom is 0.343 e. The lowest BCUT2D eigenvalue weighted by Gasteiger charge is -2.12. The van der Waals surface area contributed by atoms with Gasteiger partial charge in [-0.1, -0.05) is 28.1 Å². The predicted molar refractivity (Wildman–Crippen MR) is 161 cm³/mol. The summed E-state index contributed by atoms with van der Waals surface area (Å²) >= 11 is 6.85. The van der Waals surface area contributed by atoms with Crippen molar-refractivity contribution in [1.82, 2.24) is 9.66 Å². The molecule has 0 amide bonds. The lowest BCUT2D eigenvalue weighted by Crippen LogP contribution is -2.20. The monoisotopic (exact) mass is 676 g/mol. The third kappa shape index (κ3) is 5.93. The molecular weight excluding hydrogens is 660 g/mol. The summed E-state index contributed by atoms with van der Waals surface area (Å²) in [6, 6.07) is 22.4. The molecule has 0 aliphatic carbocycles. The van der Waals surface area contributed by atoms with Gasteiger partial charge in [-0.3, -0.25) is 14.9 Å². The number of esters is 1. The van der Waals surface area contributed by atoms with Crippen molar-refractivity contribution in [3.63, 3.8) is 0 Å². The van der Waals surface area contributed by atoms with Crippen LogP contribution in [0.4, 0.5) is 5.69 Å². The Labute approximate surface area is 249 Å². The summed E-state index contributed by atoms with van der Waals surface area (Å²) in [4.78, 5) is 41.6. The molecule has 0 aliphatic heterocycles. The average molecular weight is 678 g/mol. The molecule has 1 aromatic heterocycles. The Morgan fingerprint density at radius 2 is 1.73 bits per heavy atom. The molecule has 0 unspecified atom stereocenters. The molecule has 0 bridgehead atoms. The predicted octanol–water partition coefficient (Wildman–Crippen LogP) is 6.61. The van der Waals surface area contributed by atoms with Crippen molar-refractivity contribution in [2.45, 2.75) is 0 Å². The number of non-ortho nitro benzene ring substituents is 1. The maximum absolute atomic E-state index is 13.6. The number of methoxy groups -OCH3 is 1.